The van der Waals surface area contributed by atoms with Gasteiger partial charge in [-0.25, -0.2) is 15.0 Å². The lowest BCUT2D eigenvalue weighted by atomic mass is 10.1. The first-order valence-corrected chi connectivity index (χ1v) is 10.5. The van der Waals surface area contributed by atoms with Crippen LogP contribution < -0.4 is 17.2 Å². The van der Waals surface area contributed by atoms with Crippen LogP contribution >= 0.6 is 0 Å². The Bertz CT molecular complexity index is 1210. The van der Waals surface area contributed by atoms with Gasteiger partial charge in [-0.15, -0.1) is 0 Å². The Labute approximate surface area is 180 Å². The second-order valence-electron chi connectivity index (χ2n) is 8.07. The molecular weight excluding hydrogens is 388 g/mol. The maximum atomic E-state index is 6.17. The van der Waals surface area contributed by atoms with Gasteiger partial charge in [-0.05, 0) is 67.9 Å². The number of nitrogen functional groups attached to an aromatic ring is 2. The lowest BCUT2D eigenvalue weighted by molar-refractivity contribution is 0.205. The number of hydrogen-bond donors (Lipinski definition) is 3. The number of nitrogens with zero attached hydrogens (tertiary/aromatic N) is 5. The van der Waals surface area contributed by atoms with Gasteiger partial charge in [-0.2, -0.15) is 0 Å². The van der Waals surface area contributed by atoms with E-state index in [1.807, 2.05) is 22.8 Å². The Morgan fingerprint density at radius 1 is 0.935 bits per heavy atom. The summed E-state index contributed by atoms with van der Waals surface area (Å²) in [6.45, 7) is 3.01. The van der Waals surface area contributed by atoms with E-state index < -0.39 is 0 Å². The van der Waals surface area contributed by atoms with Crippen LogP contribution in [0.2, 0.25) is 0 Å². The topological polar surface area (TPSA) is 125 Å². The number of aromatic nitrogens is 4. The molecule has 1 aliphatic rings. The van der Waals surface area contributed by atoms with E-state index in [2.05, 4.69) is 39.1 Å². The minimum absolute atomic E-state index is 0.339. The molecular formula is C23H26N8. The quantitative estimate of drug-likeness (QED) is 0.469. The van der Waals surface area contributed by atoms with Crippen molar-refractivity contribution in [3.8, 4) is 17.1 Å². The number of anilines is 2. The van der Waals surface area contributed by atoms with Crippen LogP contribution in [0.3, 0.4) is 0 Å². The third kappa shape index (κ3) is 3.83. The minimum atomic E-state index is 0.339. The van der Waals surface area contributed by atoms with E-state index in [9.17, 15) is 0 Å². The lowest BCUT2D eigenvalue weighted by Gasteiger charge is -2.30. The number of hydrogen-bond acceptors (Lipinski definition) is 7. The van der Waals surface area contributed by atoms with Crippen LogP contribution in [0.5, 0.6) is 0 Å². The lowest BCUT2D eigenvalue weighted by Crippen LogP contribution is -2.39. The van der Waals surface area contributed by atoms with Crippen LogP contribution in [0.4, 0.5) is 11.6 Å². The van der Waals surface area contributed by atoms with Crippen molar-refractivity contribution in [2.24, 2.45) is 5.73 Å². The van der Waals surface area contributed by atoms with Gasteiger partial charge in [0.05, 0.1) is 5.56 Å². The third-order valence-corrected chi connectivity index (χ3v) is 5.84. The van der Waals surface area contributed by atoms with Crippen LogP contribution in [0.1, 0.15) is 18.4 Å². The molecule has 0 amide bonds. The van der Waals surface area contributed by atoms with Crippen LogP contribution in [-0.2, 0) is 6.54 Å². The summed E-state index contributed by atoms with van der Waals surface area (Å²) in [7, 11) is 0. The Morgan fingerprint density at radius 3 is 2.45 bits per heavy atom. The number of fused-ring (bicyclic) bond motifs is 1. The van der Waals surface area contributed by atoms with E-state index in [4.69, 9.17) is 22.2 Å². The molecule has 0 unspecified atom stereocenters. The first-order valence-electron chi connectivity index (χ1n) is 10.5. The highest BCUT2D eigenvalue weighted by Crippen LogP contribution is 2.30. The Kier molecular flexibility index (Phi) is 5.01. The molecule has 31 heavy (non-hydrogen) atoms. The standard InChI is InChI=1S/C23H26N8/c24-16-9-12-30(13-10-16)14-15-3-5-17(6-4-15)31-22(18-2-1-11-27-21(18)26)28-19-7-8-20(25)29-23(19)31/h1-8,11,16H,9-10,12-14,24H2,(H2,25,29)(H2,26,27). The molecule has 0 spiro atoms. The molecule has 1 fully saturated rings. The van der Waals surface area contributed by atoms with Crippen molar-refractivity contribution in [3.05, 3.63) is 60.3 Å². The predicted molar refractivity (Wildman–Crippen MR) is 123 cm³/mol. The SMILES string of the molecule is Nc1ccc2nc(-c3cccnc3N)n(-c3ccc(CN4CCC(N)CC4)cc3)c2n1. The first-order chi connectivity index (χ1) is 15.1. The Morgan fingerprint density at radius 2 is 1.71 bits per heavy atom. The summed E-state index contributed by atoms with van der Waals surface area (Å²) < 4.78 is 1.99. The van der Waals surface area contributed by atoms with Crippen molar-refractivity contribution in [1.82, 2.24) is 24.4 Å². The van der Waals surface area contributed by atoms with Gasteiger partial charge in [-0.3, -0.25) is 9.47 Å². The Balaban J connectivity index is 1.54. The fourth-order valence-corrected chi connectivity index (χ4v) is 4.12. The highest BCUT2D eigenvalue weighted by atomic mass is 15.2. The highest BCUT2D eigenvalue weighted by molar-refractivity contribution is 5.83. The maximum Gasteiger partial charge on any atom is 0.167 e. The maximum absolute atomic E-state index is 6.17. The van der Waals surface area contributed by atoms with E-state index in [1.165, 1.54) is 5.56 Å². The van der Waals surface area contributed by atoms with Gasteiger partial charge in [0.1, 0.15) is 17.2 Å². The van der Waals surface area contributed by atoms with Gasteiger partial charge < -0.3 is 17.2 Å². The number of nitrogens with two attached hydrogens (primary N) is 3. The minimum Gasteiger partial charge on any atom is -0.384 e. The van der Waals surface area contributed by atoms with E-state index >= 15 is 0 Å². The van der Waals surface area contributed by atoms with E-state index in [1.54, 1.807) is 12.3 Å². The van der Waals surface area contributed by atoms with Crippen LogP contribution in [0.25, 0.3) is 28.2 Å². The van der Waals surface area contributed by atoms with Crippen molar-refractivity contribution < 1.29 is 0 Å². The number of rotatable bonds is 4. The van der Waals surface area contributed by atoms with Gasteiger partial charge >= 0.3 is 0 Å². The van der Waals surface area contributed by atoms with Gasteiger partial charge in [-0.1, -0.05) is 12.1 Å². The number of imidazole rings is 1. The smallest absolute Gasteiger partial charge is 0.167 e. The van der Waals surface area contributed by atoms with Gasteiger partial charge in [0.2, 0.25) is 0 Å². The molecule has 6 N–H and O–H groups in total. The molecule has 0 saturated carbocycles. The summed E-state index contributed by atoms with van der Waals surface area (Å²) in [6, 6.07) is 16.2. The zero-order valence-electron chi connectivity index (χ0n) is 17.3. The fourth-order valence-electron chi connectivity index (χ4n) is 4.12. The molecule has 0 atom stereocenters. The average Bonchev–Trinajstić information content (AvgIpc) is 3.14. The largest absolute Gasteiger partial charge is 0.384 e. The molecule has 1 aliphatic heterocycles. The Hall–Kier alpha value is -3.49. The molecule has 0 aliphatic carbocycles. The fraction of sp³-hybridized carbons (Fsp3) is 0.261. The monoisotopic (exact) mass is 414 g/mol. The molecule has 8 heteroatoms. The van der Waals surface area contributed by atoms with Gasteiger partial charge in [0.25, 0.3) is 0 Å². The third-order valence-electron chi connectivity index (χ3n) is 5.84. The van der Waals surface area contributed by atoms with Crippen molar-refractivity contribution in [1.29, 1.82) is 0 Å². The zero-order valence-corrected chi connectivity index (χ0v) is 17.3. The molecule has 8 nitrogen and oxygen atoms in total. The predicted octanol–water partition coefficient (Wildman–Crippen LogP) is 2.57. The first kappa shape index (κ1) is 19.5. The van der Waals surface area contributed by atoms with Gasteiger partial charge in [0.15, 0.2) is 11.5 Å². The molecule has 0 bridgehead atoms. The molecule has 0 radical (unpaired) electrons. The summed E-state index contributed by atoms with van der Waals surface area (Å²) in [5.41, 5.74) is 22.6. The number of likely N-dealkylation sites (tertiary alicyclic amines) is 1. The number of pyridine rings is 2. The van der Waals surface area contributed by atoms with E-state index in [0.717, 1.165) is 49.2 Å². The van der Waals surface area contributed by atoms with Crippen LogP contribution in [-0.4, -0.2) is 43.6 Å². The zero-order chi connectivity index (χ0) is 21.4. The summed E-state index contributed by atoms with van der Waals surface area (Å²) in [6.07, 6.45) is 3.79. The van der Waals surface area contributed by atoms with Crippen LogP contribution in [0.15, 0.2) is 54.7 Å². The molecule has 3 aromatic heterocycles. The summed E-state index contributed by atoms with van der Waals surface area (Å²) in [5.74, 6) is 1.56. The second-order valence-corrected chi connectivity index (χ2v) is 8.07. The summed E-state index contributed by atoms with van der Waals surface area (Å²) in [5, 5.41) is 0. The molecule has 1 saturated heterocycles. The molecule has 158 valence electrons. The molecule has 1 aromatic carbocycles. The summed E-state index contributed by atoms with van der Waals surface area (Å²) >= 11 is 0. The molecule has 4 aromatic rings. The normalized spacial score (nSPS) is 15.5. The van der Waals surface area contributed by atoms with Crippen molar-refractivity contribution in [3.63, 3.8) is 0 Å². The van der Waals surface area contributed by atoms with E-state index in [0.29, 0.717) is 29.1 Å². The van der Waals surface area contributed by atoms with Crippen molar-refractivity contribution in [2.75, 3.05) is 24.6 Å². The van der Waals surface area contributed by atoms with E-state index in [-0.39, 0.29) is 0 Å². The van der Waals surface area contributed by atoms with Crippen LogP contribution in [0, 0.1) is 0 Å². The summed E-state index contributed by atoms with van der Waals surface area (Å²) in [4.78, 5) is 16.0. The average molecular weight is 415 g/mol. The molecule has 5 rings (SSSR count). The highest BCUT2D eigenvalue weighted by Gasteiger charge is 2.19. The van der Waals surface area contributed by atoms with Crippen molar-refractivity contribution >= 4 is 22.8 Å². The molecule has 4 heterocycles. The van der Waals surface area contributed by atoms with Gasteiger partial charge in [0, 0.05) is 24.5 Å². The number of piperidine rings is 1. The second kappa shape index (κ2) is 7.98. The number of benzene rings is 1. The van der Waals surface area contributed by atoms with Crippen molar-refractivity contribution in [2.45, 2.75) is 25.4 Å².